The number of carbonyl (C=O) groups is 1. The van der Waals surface area contributed by atoms with E-state index in [1.165, 1.54) is 10.4 Å². The highest BCUT2D eigenvalue weighted by Gasteiger charge is 2.32. The van der Waals surface area contributed by atoms with Gasteiger partial charge in [0.15, 0.2) is 6.54 Å². The van der Waals surface area contributed by atoms with Crippen LogP contribution >= 0.6 is 11.6 Å². The summed E-state index contributed by atoms with van der Waals surface area (Å²) < 4.78 is 32.1. The molecular weight excluding hydrogens is 352 g/mol. The predicted molar refractivity (Wildman–Crippen MR) is 91.6 cm³/mol. The van der Waals surface area contributed by atoms with Crippen LogP contribution in [-0.4, -0.2) is 57.0 Å². The van der Waals surface area contributed by atoms with Crippen molar-refractivity contribution in [3.63, 3.8) is 0 Å². The molecule has 134 valence electrons. The molecule has 0 aliphatic carbocycles. The summed E-state index contributed by atoms with van der Waals surface area (Å²) in [7, 11) is -3.60. The fraction of sp³-hybridized carbons (Fsp3) is 0.562. The minimum absolute atomic E-state index is 0.127. The van der Waals surface area contributed by atoms with E-state index >= 15 is 0 Å². The highest BCUT2D eigenvalue weighted by atomic mass is 35.5. The van der Waals surface area contributed by atoms with E-state index in [2.05, 4.69) is 0 Å². The molecule has 1 N–H and O–H groups in total. The van der Waals surface area contributed by atoms with E-state index < -0.39 is 15.6 Å². The summed E-state index contributed by atoms with van der Waals surface area (Å²) in [5.74, 6) is -0.264. The van der Waals surface area contributed by atoms with Gasteiger partial charge in [0.2, 0.25) is 10.0 Å². The summed E-state index contributed by atoms with van der Waals surface area (Å²) in [6, 6.07) is 6.43. The third kappa shape index (κ3) is 4.92. The first-order chi connectivity index (χ1) is 11.1. The Bertz CT molecular complexity index is 692. The van der Waals surface area contributed by atoms with Crippen LogP contribution in [0.5, 0.6) is 0 Å². The largest absolute Gasteiger partial charge is 0.456 e. The number of halogens is 1. The lowest BCUT2D eigenvalue weighted by molar-refractivity contribution is -0.896. The van der Waals surface area contributed by atoms with Crippen LogP contribution in [0.1, 0.15) is 20.8 Å². The molecule has 0 bridgehead atoms. The molecule has 8 heteroatoms. The quantitative estimate of drug-likeness (QED) is 0.781. The smallest absolute Gasteiger partial charge is 0.362 e. The van der Waals surface area contributed by atoms with Crippen molar-refractivity contribution in [1.82, 2.24) is 4.31 Å². The number of hydrogen-bond acceptors (Lipinski definition) is 4. The Morgan fingerprint density at radius 1 is 1.25 bits per heavy atom. The van der Waals surface area contributed by atoms with E-state index in [-0.39, 0.29) is 22.4 Å². The average Bonchev–Trinajstić information content (AvgIpc) is 2.46. The van der Waals surface area contributed by atoms with Gasteiger partial charge < -0.3 is 9.64 Å². The molecule has 1 aromatic carbocycles. The van der Waals surface area contributed by atoms with Gasteiger partial charge in [-0.3, -0.25) is 0 Å². The maximum Gasteiger partial charge on any atom is 0.362 e. The second-order valence-corrected chi connectivity index (χ2v) is 9.16. The summed E-state index contributed by atoms with van der Waals surface area (Å²) in [5.41, 5.74) is -0.508. The maximum atomic E-state index is 12.7. The third-order valence-electron chi connectivity index (χ3n) is 3.70. The predicted octanol–water partition coefficient (Wildman–Crippen LogP) is 0.571. The van der Waals surface area contributed by atoms with Gasteiger partial charge >= 0.3 is 5.97 Å². The van der Waals surface area contributed by atoms with Crippen LogP contribution in [0.2, 0.25) is 5.02 Å². The topological polar surface area (TPSA) is 68.1 Å². The van der Waals surface area contributed by atoms with Crippen molar-refractivity contribution in [1.29, 1.82) is 0 Å². The van der Waals surface area contributed by atoms with Gasteiger partial charge in [0.25, 0.3) is 0 Å². The van der Waals surface area contributed by atoms with Crippen molar-refractivity contribution < 1.29 is 22.8 Å². The molecule has 1 saturated heterocycles. The zero-order valence-corrected chi connectivity index (χ0v) is 15.8. The number of piperazine rings is 1. The summed E-state index contributed by atoms with van der Waals surface area (Å²) in [4.78, 5) is 13.0. The number of benzene rings is 1. The molecule has 6 nitrogen and oxygen atoms in total. The number of esters is 1. The SMILES string of the molecule is CC(C)(C)OC(=O)C[NH+]1CCN(S(=O)(=O)c2ccccc2Cl)CC1. The Labute approximate surface area is 148 Å². The van der Waals surface area contributed by atoms with E-state index in [0.29, 0.717) is 26.2 Å². The number of carbonyl (C=O) groups excluding carboxylic acids is 1. The molecule has 1 fully saturated rings. The summed E-state index contributed by atoms with van der Waals surface area (Å²) in [6.07, 6.45) is 0. The van der Waals surface area contributed by atoms with Crippen LogP contribution in [0.25, 0.3) is 0 Å². The van der Waals surface area contributed by atoms with Gasteiger partial charge in [-0.05, 0) is 32.9 Å². The monoisotopic (exact) mass is 375 g/mol. The molecule has 24 heavy (non-hydrogen) atoms. The van der Waals surface area contributed by atoms with Crippen LogP contribution in [0, 0.1) is 0 Å². The van der Waals surface area contributed by atoms with Gasteiger partial charge in [-0.15, -0.1) is 0 Å². The molecule has 2 rings (SSSR count). The second-order valence-electron chi connectivity index (χ2n) is 6.85. The zero-order valence-electron chi connectivity index (χ0n) is 14.2. The summed E-state index contributed by atoms with van der Waals surface area (Å²) in [5, 5.41) is 0.223. The molecule has 1 heterocycles. The highest BCUT2D eigenvalue weighted by molar-refractivity contribution is 7.89. The molecular formula is C16H24ClN2O4S+. The first-order valence-electron chi connectivity index (χ1n) is 7.90. The van der Waals surface area contributed by atoms with Gasteiger partial charge in [0.1, 0.15) is 10.5 Å². The van der Waals surface area contributed by atoms with Crippen molar-refractivity contribution in [3.05, 3.63) is 29.3 Å². The zero-order chi connectivity index (χ0) is 18.0. The Morgan fingerprint density at radius 2 is 1.83 bits per heavy atom. The number of ether oxygens (including phenoxy) is 1. The number of rotatable bonds is 4. The van der Waals surface area contributed by atoms with Crippen molar-refractivity contribution in [2.45, 2.75) is 31.3 Å². The molecule has 0 spiro atoms. The maximum absolute atomic E-state index is 12.7. The lowest BCUT2D eigenvalue weighted by Gasteiger charge is -2.31. The number of sulfonamides is 1. The van der Waals surface area contributed by atoms with E-state index in [1.54, 1.807) is 18.2 Å². The number of quaternary nitrogens is 1. The molecule has 1 aliphatic rings. The van der Waals surface area contributed by atoms with Gasteiger partial charge in [-0.2, -0.15) is 4.31 Å². The second kappa shape index (κ2) is 7.39. The van der Waals surface area contributed by atoms with Crippen LogP contribution in [-0.2, 0) is 19.6 Å². The molecule has 1 aromatic rings. The molecule has 0 atom stereocenters. The Balaban J connectivity index is 1.95. The van der Waals surface area contributed by atoms with Crippen molar-refractivity contribution in [3.8, 4) is 0 Å². The van der Waals surface area contributed by atoms with Gasteiger partial charge in [-0.1, -0.05) is 23.7 Å². The Morgan fingerprint density at radius 3 is 2.38 bits per heavy atom. The van der Waals surface area contributed by atoms with E-state index in [4.69, 9.17) is 16.3 Å². The minimum atomic E-state index is -3.60. The van der Waals surface area contributed by atoms with E-state index in [9.17, 15) is 13.2 Å². The van der Waals surface area contributed by atoms with E-state index in [1.807, 2.05) is 20.8 Å². The molecule has 0 radical (unpaired) electrons. The third-order valence-corrected chi connectivity index (χ3v) is 6.10. The van der Waals surface area contributed by atoms with Gasteiger partial charge in [0, 0.05) is 0 Å². The number of nitrogens with zero attached hydrogens (tertiary/aromatic N) is 1. The molecule has 0 aromatic heterocycles. The molecule has 1 aliphatic heterocycles. The Kier molecular flexibility index (Phi) is 5.91. The molecule has 0 amide bonds. The van der Waals surface area contributed by atoms with Crippen LogP contribution in [0.15, 0.2) is 29.2 Å². The standard InChI is InChI=1S/C16H23ClN2O4S/c1-16(2,3)23-15(20)12-18-8-10-19(11-9-18)24(21,22)14-7-5-4-6-13(14)17/h4-7H,8-12H2,1-3H3/p+1. The van der Waals surface area contributed by atoms with Crippen LogP contribution in [0.3, 0.4) is 0 Å². The van der Waals surface area contributed by atoms with E-state index in [0.717, 1.165) is 4.90 Å². The average molecular weight is 376 g/mol. The Hall–Kier alpha value is -1.15. The lowest BCUT2D eigenvalue weighted by Crippen LogP contribution is -3.15. The summed E-state index contributed by atoms with van der Waals surface area (Å²) >= 11 is 6.01. The van der Waals surface area contributed by atoms with Crippen molar-refractivity contribution in [2.75, 3.05) is 32.7 Å². The highest BCUT2D eigenvalue weighted by Crippen LogP contribution is 2.24. The normalized spacial score (nSPS) is 17.7. The molecule has 0 saturated carbocycles. The van der Waals surface area contributed by atoms with Crippen LogP contribution in [0.4, 0.5) is 0 Å². The van der Waals surface area contributed by atoms with Crippen LogP contribution < -0.4 is 4.90 Å². The number of nitrogens with one attached hydrogen (secondary N) is 1. The van der Waals surface area contributed by atoms with Crippen molar-refractivity contribution >= 4 is 27.6 Å². The molecule has 0 unspecified atom stereocenters. The van der Waals surface area contributed by atoms with Gasteiger partial charge in [-0.25, -0.2) is 13.2 Å². The van der Waals surface area contributed by atoms with Gasteiger partial charge in [0.05, 0.1) is 31.2 Å². The first-order valence-corrected chi connectivity index (χ1v) is 9.71. The first kappa shape index (κ1) is 19.2. The lowest BCUT2D eigenvalue weighted by atomic mass is 10.2. The van der Waals surface area contributed by atoms with Crippen molar-refractivity contribution in [2.24, 2.45) is 0 Å². The fourth-order valence-electron chi connectivity index (χ4n) is 2.59. The fourth-order valence-corrected chi connectivity index (χ4v) is 4.53. The number of hydrogen-bond donors (Lipinski definition) is 1. The summed E-state index contributed by atoms with van der Waals surface area (Å²) in [6.45, 7) is 7.55. The minimum Gasteiger partial charge on any atom is -0.456 e.